The Kier molecular flexibility index (Phi) is 5.03. The molecule has 1 heterocycles. The third kappa shape index (κ3) is 4.09. The lowest BCUT2D eigenvalue weighted by molar-refractivity contribution is 0.0887. The van der Waals surface area contributed by atoms with Crippen LogP contribution in [0.25, 0.3) is 0 Å². The smallest absolute Gasteiger partial charge is 0.0726 e. The molecule has 0 amide bonds. The molecule has 3 nitrogen and oxygen atoms in total. The zero-order chi connectivity index (χ0) is 11.3. The van der Waals surface area contributed by atoms with Crippen molar-refractivity contribution in [2.45, 2.75) is 58.2 Å². The van der Waals surface area contributed by atoms with E-state index in [2.05, 4.69) is 38.3 Å². The predicted molar refractivity (Wildman–Crippen MR) is 64.2 cm³/mol. The first-order chi connectivity index (χ1) is 7.04. The van der Waals surface area contributed by atoms with Gasteiger partial charge in [0, 0.05) is 18.2 Å². The molecule has 0 aromatic heterocycles. The molecule has 2 N–H and O–H groups in total. The summed E-state index contributed by atoms with van der Waals surface area (Å²) in [6.45, 7) is 11.9. The lowest BCUT2D eigenvalue weighted by Crippen LogP contribution is -2.48. The van der Waals surface area contributed by atoms with Gasteiger partial charge in [0.1, 0.15) is 0 Å². The van der Waals surface area contributed by atoms with Gasteiger partial charge in [-0.05, 0) is 39.8 Å². The van der Waals surface area contributed by atoms with Gasteiger partial charge < -0.3 is 15.4 Å². The van der Waals surface area contributed by atoms with Crippen LogP contribution in [0.2, 0.25) is 0 Å². The van der Waals surface area contributed by atoms with E-state index in [1.807, 2.05) is 0 Å². The SMILES string of the molecule is CC(C)NCCCNC1(C)CCOC1C. The highest BCUT2D eigenvalue weighted by Gasteiger charge is 2.35. The fraction of sp³-hybridized carbons (Fsp3) is 1.00. The molecule has 1 fully saturated rings. The molecule has 2 atom stereocenters. The maximum atomic E-state index is 5.59. The van der Waals surface area contributed by atoms with Gasteiger partial charge in [-0.15, -0.1) is 0 Å². The fourth-order valence-corrected chi connectivity index (χ4v) is 1.92. The first kappa shape index (κ1) is 12.9. The van der Waals surface area contributed by atoms with E-state index in [9.17, 15) is 0 Å². The molecule has 1 saturated heterocycles. The molecule has 0 aliphatic carbocycles. The summed E-state index contributed by atoms with van der Waals surface area (Å²) < 4.78 is 5.59. The summed E-state index contributed by atoms with van der Waals surface area (Å²) in [5, 5.41) is 7.04. The topological polar surface area (TPSA) is 33.3 Å². The quantitative estimate of drug-likeness (QED) is 0.658. The first-order valence-electron chi connectivity index (χ1n) is 6.14. The minimum atomic E-state index is 0.192. The average Bonchev–Trinajstić information content (AvgIpc) is 2.46. The van der Waals surface area contributed by atoms with Crippen molar-refractivity contribution in [3.05, 3.63) is 0 Å². The molecule has 0 bridgehead atoms. The molecule has 90 valence electrons. The van der Waals surface area contributed by atoms with Crippen molar-refractivity contribution in [1.82, 2.24) is 10.6 Å². The van der Waals surface area contributed by atoms with E-state index < -0.39 is 0 Å². The van der Waals surface area contributed by atoms with E-state index >= 15 is 0 Å². The monoisotopic (exact) mass is 214 g/mol. The molecule has 0 spiro atoms. The highest BCUT2D eigenvalue weighted by Crippen LogP contribution is 2.24. The van der Waals surface area contributed by atoms with Gasteiger partial charge >= 0.3 is 0 Å². The van der Waals surface area contributed by atoms with Crippen LogP contribution < -0.4 is 10.6 Å². The second kappa shape index (κ2) is 5.83. The Bertz CT molecular complexity index is 184. The van der Waals surface area contributed by atoms with Crippen molar-refractivity contribution in [2.75, 3.05) is 19.7 Å². The average molecular weight is 214 g/mol. The number of rotatable bonds is 6. The van der Waals surface area contributed by atoms with Crippen molar-refractivity contribution in [3.63, 3.8) is 0 Å². The summed E-state index contributed by atoms with van der Waals surface area (Å²) in [5.74, 6) is 0. The number of hydrogen-bond acceptors (Lipinski definition) is 3. The van der Waals surface area contributed by atoms with Crippen molar-refractivity contribution >= 4 is 0 Å². The summed E-state index contributed by atoms with van der Waals surface area (Å²) in [5.41, 5.74) is 0.192. The zero-order valence-electron chi connectivity index (χ0n) is 10.6. The van der Waals surface area contributed by atoms with Crippen LogP contribution in [-0.4, -0.2) is 37.4 Å². The molecule has 0 aromatic carbocycles. The number of nitrogens with one attached hydrogen (secondary N) is 2. The minimum Gasteiger partial charge on any atom is -0.377 e. The minimum absolute atomic E-state index is 0.192. The largest absolute Gasteiger partial charge is 0.377 e. The van der Waals surface area contributed by atoms with Gasteiger partial charge in [0.15, 0.2) is 0 Å². The third-order valence-electron chi connectivity index (χ3n) is 3.32. The first-order valence-corrected chi connectivity index (χ1v) is 6.14. The van der Waals surface area contributed by atoms with Crippen molar-refractivity contribution in [3.8, 4) is 0 Å². The summed E-state index contributed by atoms with van der Waals surface area (Å²) in [6.07, 6.45) is 2.65. The molecule has 0 aromatic rings. The molecule has 2 unspecified atom stereocenters. The molecule has 1 rings (SSSR count). The standard InChI is InChI=1S/C12H26N2O/c1-10(2)13-7-5-8-14-12(4)6-9-15-11(12)3/h10-11,13-14H,5-9H2,1-4H3. The number of hydrogen-bond donors (Lipinski definition) is 2. The van der Waals surface area contributed by atoms with Gasteiger partial charge in [0.2, 0.25) is 0 Å². The lowest BCUT2D eigenvalue weighted by atomic mass is 9.94. The van der Waals surface area contributed by atoms with E-state index in [1.165, 1.54) is 6.42 Å². The van der Waals surface area contributed by atoms with E-state index in [1.54, 1.807) is 0 Å². The van der Waals surface area contributed by atoms with Crippen molar-refractivity contribution in [1.29, 1.82) is 0 Å². The van der Waals surface area contributed by atoms with Crippen LogP contribution in [-0.2, 0) is 4.74 Å². The van der Waals surface area contributed by atoms with E-state index in [4.69, 9.17) is 4.74 Å². The van der Waals surface area contributed by atoms with Gasteiger partial charge in [-0.2, -0.15) is 0 Å². The lowest BCUT2D eigenvalue weighted by Gasteiger charge is -2.29. The van der Waals surface area contributed by atoms with Crippen LogP contribution in [0.5, 0.6) is 0 Å². The van der Waals surface area contributed by atoms with Gasteiger partial charge in [-0.1, -0.05) is 13.8 Å². The van der Waals surface area contributed by atoms with Crippen LogP contribution in [0.3, 0.4) is 0 Å². The second-order valence-corrected chi connectivity index (χ2v) is 5.07. The molecular formula is C12H26N2O. The Morgan fingerprint density at radius 2 is 2.13 bits per heavy atom. The van der Waals surface area contributed by atoms with E-state index in [-0.39, 0.29) is 5.54 Å². The Hall–Kier alpha value is -0.120. The van der Waals surface area contributed by atoms with Gasteiger partial charge in [-0.3, -0.25) is 0 Å². The second-order valence-electron chi connectivity index (χ2n) is 5.07. The maximum absolute atomic E-state index is 5.59. The van der Waals surface area contributed by atoms with Crippen molar-refractivity contribution < 1.29 is 4.74 Å². The maximum Gasteiger partial charge on any atom is 0.0726 e. The Balaban J connectivity index is 2.09. The Labute approximate surface area is 94.0 Å². The molecule has 0 radical (unpaired) electrons. The fourth-order valence-electron chi connectivity index (χ4n) is 1.92. The van der Waals surface area contributed by atoms with Crippen LogP contribution in [0.15, 0.2) is 0 Å². The zero-order valence-corrected chi connectivity index (χ0v) is 10.6. The van der Waals surface area contributed by atoms with Gasteiger partial charge in [0.25, 0.3) is 0 Å². The Morgan fingerprint density at radius 3 is 2.67 bits per heavy atom. The van der Waals surface area contributed by atoms with Crippen molar-refractivity contribution in [2.24, 2.45) is 0 Å². The highest BCUT2D eigenvalue weighted by molar-refractivity contribution is 4.93. The van der Waals surface area contributed by atoms with E-state index in [0.717, 1.165) is 26.1 Å². The van der Waals surface area contributed by atoms with Crippen LogP contribution in [0.4, 0.5) is 0 Å². The molecule has 0 saturated carbocycles. The van der Waals surface area contributed by atoms with E-state index in [0.29, 0.717) is 12.1 Å². The summed E-state index contributed by atoms with van der Waals surface area (Å²) in [6, 6.07) is 0.592. The van der Waals surface area contributed by atoms with Gasteiger partial charge in [-0.25, -0.2) is 0 Å². The summed E-state index contributed by atoms with van der Waals surface area (Å²) >= 11 is 0. The third-order valence-corrected chi connectivity index (χ3v) is 3.32. The molecule has 1 aliphatic heterocycles. The number of ether oxygens (including phenoxy) is 1. The molecule has 1 aliphatic rings. The van der Waals surface area contributed by atoms with Crippen LogP contribution in [0.1, 0.15) is 40.5 Å². The normalized spacial score (nSPS) is 31.4. The van der Waals surface area contributed by atoms with Crippen LogP contribution in [0, 0.1) is 0 Å². The predicted octanol–water partition coefficient (Wildman–Crippen LogP) is 1.53. The Morgan fingerprint density at radius 1 is 1.40 bits per heavy atom. The highest BCUT2D eigenvalue weighted by atomic mass is 16.5. The van der Waals surface area contributed by atoms with Gasteiger partial charge in [0.05, 0.1) is 6.10 Å². The van der Waals surface area contributed by atoms with Crippen LogP contribution >= 0.6 is 0 Å². The summed E-state index contributed by atoms with van der Waals surface area (Å²) in [7, 11) is 0. The molecule has 15 heavy (non-hydrogen) atoms. The molecule has 3 heteroatoms. The summed E-state index contributed by atoms with van der Waals surface area (Å²) in [4.78, 5) is 0. The molecular weight excluding hydrogens is 188 g/mol.